The average molecular weight is 450 g/mol. The van der Waals surface area contributed by atoms with Gasteiger partial charge in [-0.15, -0.1) is 0 Å². The van der Waals surface area contributed by atoms with Crippen LogP contribution in [0.2, 0.25) is 0 Å². The van der Waals surface area contributed by atoms with E-state index in [4.69, 9.17) is 25.1 Å². The van der Waals surface area contributed by atoms with Crippen molar-refractivity contribution in [3.8, 4) is 5.75 Å². The van der Waals surface area contributed by atoms with Crippen LogP contribution in [0.1, 0.15) is 30.4 Å². The van der Waals surface area contributed by atoms with Crippen LogP contribution >= 0.6 is 0 Å². The lowest BCUT2D eigenvalue weighted by molar-refractivity contribution is -0.136. The topological polar surface area (TPSA) is 120 Å². The summed E-state index contributed by atoms with van der Waals surface area (Å²) in [6.07, 6.45) is 2.80. The number of ether oxygens (including phenoxy) is 2. The van der Waals surface area contributed by atoms with Gasteiger partial charge in [0, 0.05) is 48.7 Å². The molecule has 1 atom stereocenters. The second-order valence-corrected chi connectivity index (χ2v) is 8.18. The molecule has 0 aromatic heterocycles. The van der Waals surface area contributed by atoms with Gasteiger partial charge in [-0.2, -0.15) is 0 Å². The van der Waals surface area contributed by atoms with Crippen LogP contribution in [-0.2, 0) is 16.0 Å². The largest absolute Gasteiger partial charge is 0.494 e. The van der Waals surface area contributed by atoms with Crippen molar-refractivity contribution in [3.05, 3.63) is 70.1 Å². The minimum absolute atomic E-state index is 0.0605. The predicted octanol–water partition coefficient (Wildman–Crippen LogP) is 3.77. The summed E-state index contributed by atoms with van der Waals surface area (Å²) in [7, 11) is 0. The summed E-state index contributed by atoms with van der Waals surface area (Å²) in [6, 6.07) is 14.6. The average Bonchev–Trinajstić information content (AvgIpc) is 3.52. The van der Waals surface area contributed by atoms with E-state index in [0.29, 0.717) is 43.5 Å². The van der Waals surface area contributed by atoms with Gasteiger partial charge in [-0.25, -0.2) is 4.99 Å². The SMILES string of the molecule is [N-]=[N+]=Nc1ccccc1C[C@]1(C(=O)N2CCCC2)COC(c2ccc(OCCCO)cc2)=N1. The number of nitrogens with zero attached hydrogens (tertiary/aromatic N) is 5. The van der Waals surface area contributed by atoms with E-state index in [1.807, 2.05) is 41.3 Å². The Hall–Kier alpha value is -3.55. The maximum Gasteiger partial charge on any atom is 0.254 e. The first-order valence-corrected chi connectivity index (χ1v) is 11.1. The molecule has 9 nitrogen and oxygen atoms in total. The minimum Gasteiger partial charge on any atom is -0.494 e. The lowest BCUT2D eigenvalue weighted by Gasteiger charge is -2.28. The van der Waals surface area contributed by atoms with Gasteiger partial charge < -0.3 is 19.5 Å². The van der Waals surface area contributed by atoms with Crippen LogP contribution in [0.5, 0.6) is 5.75 Å². The number of rotatable bonds is 9. The second kappa shape index (κ2) is 10.4. The molecule has 2 aliphatic heterocycles. The number of benzene rings is 2. The monoisotopic (exact) mass is 449 g/mol. The van der Waals surface area contributed by atoms with E-state index >= 15 is 0 Å². The molecule has 1 amide bonds. The van der Waals surface area contributed by atoms with Crippen molar-refractivity contribution in [2.45, 2.75) is 31.2 Å². The molecule has 0 bridgehead atoms. The number of amides is 1. The molecular formula is C24H27N5O4. The Morgan fingerprint density at radius 2 is 1.97 bits per heavy atom. The fourth-order valence-electron chi connectivity index (χ4n) is 4.15. The highest BCUT2D eigenvalue weighted by atomic mass is 16.5. The molecular weight excluding hydrogens is 422 g/mol. The number of aliphatic hydroxyl groups is 1. The number of likely N-dealkylation sites (tertiary alicyclic amines) is 1. The Morgan fingerprint density at radius 3 is 2.70 bits per heavy atom. The molecule has 4 rings (SSSR count). The summed E-state index contributed by atoms with van der Waals surface area (Å²) in [4.78, 5) is 23.2. The van der Waals surface area contributed by atoms with Gasteiger partial charge in [0.15, 0.2) is 5.54 Å². The van der Waals surface area contributed by atoms with E-state index in [1.54, 1.807) is 12.1 Å². The Balaban J connectivity index is 1.63. The van der Waals surface area contributed by atoms with Crippen molar-refractivity contribution in [3.63, 3.8) is 0 Å². The highest BCUT2D eigenvalue weighted by Crippen LogP contribution is 2.33. The van der Waals surface area contributed by atoms with E-state index in [2.05, 4.69) is 10.0 Å². The first-order valence-electron chi connectivity index (χ1n) is 11.1. The second-order valence-electron chi connectivity index (χ2n) is 8.18. The highest BCUT2D eigenvalue weighted by molar-refractivity contribution is 6.00. The standard InChI is InChI=1S/C24H27N5O4/c25-28-27-21-7-2-1-6-19(21)16-24(23(31)29-12-3-4-13-29)17-33-22(26-24)18-8-10-20(11-9-18)32-15-5-14-30/h1-2,6-11,30H,3-5,12-17H2/t24-/m1/s1. The molecule has 1 saturated heterocycles. The zero-order valence-corrected chi connectivity index (χ0v) is 18.4. The van der Waals surface area contributed by atoms with E-state index in [-0.39, 0.29) is 25.5 Å². The van der Waals surface area contributed by atoms with E-state index in [1.165, 1.54) is 0 Å². The maximum atomic E-state index is 13.6. The predicted molar refractivity (Wildman–Crippen MR) is 124 cm³/mol. The molecule has 0 unspecified atom stereocenters. The number of aliphatic imine (C=N–C) groups is 1. The molecule has 2 aliphatic rings. The molecule has 9 heteroatoms. The molecule has 2 aromatic carbocycles. The fraction of sp³-hybridized carbons (Fsp3) is 0.417. The molecule has 0 aliphatic carbocycles. The van der Waals surface area contributed by atoms with Crippen LogP contribution < -0.4 is 4.74 Å². The zero-order chi connectivity index (χ0) is 23.1. The van der Waals surface area contributed by atoms with Crippen LogP contribution in [-0.4, -0.2) is 60.3 Å². The molecule has 1 N–H and O–H groups in total. The Bertz CT molecular complexity index is 1060. The summed E-state index contributed by atoms with van der Waals surface area (Å²) in [6.45, 7) is 2.06. The van der Waals surface area contributed by atoms with Gasteiger partial charge in [-0.1, -0.05) is 29.4 Å². The van der Waals surface area contributed by atoms with Crippen molar-refractivity contribution in [1.29, 1.82) is 0 Å². The third-order valence-electron chi connectivity index (χ3n) is 5.85. The minimum atomic E-state index is -1.11. The third-order valence-corrected chi connectivity index (χ3v) is 5.85. The molecule has 1 fully saturated rings. The van der Waals surface area contributed by atoms with Crippen LogP contribution in [0.3, 0.4) is 0 Å². The maximum absolute atomic E-state index is 13.6. The van der Waals surface area contributed by atoms with Gasteiger partial charge in [0.1, 0.15) is 12.4 Å². The number of azide groups is 1. The van der Waals surface area contributed by atoms with Gasteiger partial charge in [0.05, 0.1) is 6.61 Å². The normalized spacial score (nSPS) is 19.5. The van der Waals surface area contributed by atoms with Crippen LogP contribution in [0, 0.1) is 0 Å². The van der Waals surface area contributed by atoms with Gasteiger partial charge >= 0.3 is 0 Å². The number of carbonyl (C=O) groups excluding carboxylic acids is 1. The smallest absolute Gasteiger partial charge is 0.254 e. The van der Waals surface area contributed by atoms with Gasteiger partial charge in [0.25, 0.3) is 5.91 Å². The zero-order valence-electron chi connectivity index (χ0n) is 18.4. The highest BCUT2D eigenvalue weighted by Gasteiger charge is 2.47. The molecule has 2 aromatic rings. The number of hydrogen-bond donors (Lipinski definition) is 1. The molecule has 0 spiro atoms. The van der Waals surface area contributed by atoms with E-state index in [9.17, 15) is 4.79 Å². The summed E-state index contributed by atoms with van der Waals surface area (Å²) in [5.41, 5.74) is 9.82. The molecule has 33 heavy (non-hydrogen) atoms. The lowest BCUT2D eigenvalue weighted by atomic mass is 9.90. The fourth-order valence-corrected chi connectivity index (χ4v) is 4.15. The number of hydrogen-bond acceptors (Lipinski definition) is 6. The molecule has 0 radical (unpaired) electrons. The molecule has 2 heterocycles. The van der Waals surface area contributed by atoms with Crippen molar-refractivity contribution in [1.82, 2.24) is 4.90 Å². The first-order chi connectivity index (χ1) is 16.1. The summed E-state index contributed by atoms with van der Waals surface area (Å²) in [5, 5.41) is 12.7. The van der Waals surface area contributed by atoms with E-state index < -0.39 is 5.54 Å². The number of aliphatic hydroxyl groups excluding tert-OH is 1. The van der Waals surface area contributed by atoms with Crippen LogP contribution in [0.25, 0.3) is 10.4 Å². The van der Waals surface area contributed by atoms with Gasteiger partial charge in [0.2, 0.25) is 5.90 Å². The van der Waals surface area contributed by atoms with Crippen LogP contribution in [0.15, 0.2) is 58.6 Å². The van der Waals surface area contributed by atoms with Crippen molar-refractivity contribution in [2.24, 2.45) is 10.1 Å². The first kappa shape index (κ1) is 22.6. The van der Waals surface area contributed by atoms with Crippen LogP contribution in [0.4, 0.5) is 5.69 Å². The quantitative estimate of drug-likeness (QED) is 0.271. The number of carbonyl (C=O) groups is 1. The lowest BCUT2D eigenvalue weighted by Crippen LogP contribution is -2.49. The molecule has 172 valence electrons. The summed E-state index contributed by atoms with van der Waals surface area (Å²) in [5.74, 6) is 1.04. The van der Waals surface area contributed by atoms with Crippen molar-refractivity contribution < 1.29 is 19.4 Å². The van der Waals surface area contributed by atoms with E-state index in [0.717, 1.165) is 24.0 Å². The van der Waals surface area contributed by atoms with Crippen molar-refractivity contribution >= 4 is 17.5 Å². The van der Waals surface area contributed by atoms with Gasteiger partial charge in [-0.3, -0.25) is 4.79 Å². The Morgan fingerprint density at radius 1 is 1.21 bits per heavy atom. The summed E-state index contributed by atoms with van der Waals surface area (Å²) >= 11 is 0. The summed E-state index contributed by atoms with van der Waals surface area (Å²) < 4.78 is 11.6. The molecule has 0 saturated carbocycles. The van der Waals surface area contributed by atoms with Crippen molar-refractivity contribution in [2.75, 3.05) is 32.9 Å². The Kier molecular flexibility index (Phi) is 7.12. The Labute approximate surface area is 192 Å². The van der Waals surface area contributed by atoms with Gasteiger partial charge in [-0.05, 0) is 48.2 Å². The third kappa shape index (κ3) is 5.10.